The van der Waals surface area contributed by atoms with Crippen molar-refractivity contribution >= 4 is 29.0 Å². The number of hydrogen-bond donors (Lipinski definition) is 2. The topological polar surface area (TPSA) is 83.9 Å². The molecule has 0 unspecified atom stereocenters. The van der Waals surface area contributed by atoms with Gasteiger partial charge in [0.05, 0.1) is 10.7 Å². The van der Waals surface area contributed by atoms with E-state index in [9.17, 15) is 4.79 Å². The van der Waals surface area contributed by atoms with Crippen molar-refractivity contribution in [1.82, 2.24) is 9.47 Å². The number of amidine groups is 1. The Morgan fingerprint density at radius 2 is 1.97 bits per heavy atom. The maximum absolute atomic E-state index is 12.9. The molecule has 0 aliphatic carbocycles. The predicted octanol–water partition coefficient (Wildman–Crippen LogP) is 4.50. The predicted molar refractivity (Wildman–Crippen MR) is 126 cm³/mol. The summed E-state index contributed by atoms with van der Waals surface area (Å²) in [4.78, 5) is 15.3. The van der Waals surface area contributed by atoms with Gasteiger partial charge in [-0.3, -0.25) is 9.69 Å². The molecule has 3 N–H and O–H groups in total. The zero-order valence-electron chi connectivity index (χ0n) is 18.0. The number of pyridine rings is 1. The van der Waals surface area contributed by atoms with E-state index in [1.54, 1.807) is 22.8 Å². The van der Waals surface area contributed by atoms with Crippen molar-refractivity contribution < 1.29 is 5.21 Å². The monoisotopic (exact) mass is 464 g/mol. The van der Waals surface area contributed by atoms with Gasteiger partial charge < -0.3 is 15.5 Å². The minimum atomic E-state index is -0.214. The molecular weight excluding hydrogens is 435 g/mol. The number of likely N-dealkylation sites (tertiary alicyclic amines) is 1. The Balaban J connectivity index is 1.82. The Morgan fingerprint density at radius 1 is 1.26 bits per heavy atom. The molecule has 1 aliphatic heterocycles. The maximum atomic E-state index is 12.9. The second-order valence-electron chi connectivity index (χ2n) is 8.57. The zero-order chi connectivity index (χ0) is 22.5. The number of rotatable bonds is 8. The summed E-state index contributed by atoms with van der Waals surface area (Å²) in [5.74, 6) is 0.689. The minimum Gasteiger partial charge on any atom is -0.409 e. The first-order valence-corrected chi connectivity index (χ1v) is 11.4. The summed E-state index contributed by atoms with van der Waals surface area (Å²) >= 11 is 12.7. The van der Waals surface area contributed by atoms with E-state index >= 15 is 0 Å². The lowest BCUT2D eigenvalue weighted by Crippen LogP contribution is -2.34. The van der Waals surface area contributed by atoms with Crippen molar-refractivity contribution in [2.24, 2.45) is 16.8 Å². The normalized spacial score (nSPS) is 17.6. The van der Waals surface area contributed by atoms with Crippen LogP contribution in [0.4, 0.5) is 0 Å². The Kier molecular flexibility index (Phi) is 8.03. The van der Waals surface area contributed by atoms with Gasteiger partial charge >= 0.3 is 0 Å². The standard InChI is InChI=1S/C23H30Cl2N4O2/c1-15(2)12-18-4-3-10-28(18)14-21-19(24)13-20(25)23(30)29(21)11-9-16-5-7-17(8-6-16)22(26)27-31/h5-8,13,15,18,31H,3-4,9-12,14H2,1-2H3,(H2,26,27)/t18-/m1/s1. The average molecular weight is 465 g/mol. The van der Waals surface area contributed by atoms with E-state index in [0.717, 1.165) is 24.2 Å². The highest BCUT2D eigenvalue weighted by Crippen LogP contribution is 2.28. The number of oxime groups is 1. The van der Waals surface area contributed by atoms with Gasteiger partial charge in [-0.15, -0.1) is 0 Å². The first-order chi connectivity index (χ1) is 14.8. The Bertz CT molecular complexity index is 986. The largest absolute Gasteiger partial charge is 0.409 e. The molecule has 1 aliphatic rings. The van der Waals surface area contributed by atoms with Crippen LogP contribution in [0.3, 0.4) is 0 Å². The molecular formula is C23H30Cl2N4O2. The number of hydrogen-bond acceptors (Lipinski definition) is 4. The molecule has 0 amide bonds. The van der Waals surface area contributed by atoms with Crippen LogP contribution in [-0.4, -0.2) is 33.1 Å². The molecule has 6 nitrogen and oxygen atoms in total. The van der Waals surface area contributed by atoms with Crippen LogP contribution in [-0.2, 0) is 19.5 Å². The molecule has 0 radical (unpaired) electrons. The van der Waals surface area contributed by atoms with Gasteiger partial charge in [0.1, 0.15) is 5.02 Å². The number of halogens is 2. The summed E-state index contributed by atoms with van der Waals surface area (Å²) in [6, 6.07) is 9.48. The Hall–Kier alpha value is -2.02. The van der Waals surface area contributed by atoms with Gasteiger partial charge in [0, 0.05) is 24.7 Å². The first-order valence-electron chi connectivity index (χ1n) is 10.7. The molecule has 1 fully saturated rings. The number of nitrogens with zero attached hydrogens (tertiary/aromatic N) is 3. The van der Waals surface area contributed by atoms with Crippen molar-refractivity contribution in [2.75, 3.05) is 6.54 Å². The maximum Gasteiger partial charge on any atom is 0.269 e. The summed E-state index contributed by atoms with van der Waals surface area (Å²) < 4.78 is 1.72. The fraction of sp³-hybridized carbons (Fsp3) is 0.478. The molecule has 1 aromatic heterocycles. The smallest absolute Gasteiger partial charge is 0.269 e. The van der Waals surface area contributed by atoms with Crippen LogP contribution in [0.15, 0.2) is 40.3 Å². The molecule has 1 aromatic carbocycles. The summed E-state index contributed by atoms with van der Waals surface area (Å²) in [7, 11) is 0. The van der Waals surface area contributed by atoms with E-state index < -0.39 is 0 Å². The van der Waals surface area contributed by atoms with Crippen LogP contribution in [0.1, 0.15) is 49.9 Å². The highest BCUT2D eigenvalue weighted by atomic mass is 35.5. The van der Waals surface area contributed by atoms with Crippen LogP contribution in [0.5, 0.6) is 0 Å². The second kappa shape index (κ2) is 10.5. The third-order valence-electron chi connectivity index (χ3n) is 5.88. The van der Waals surface area contributed by atoms with Gasteiger partial charge in [0.15, 0.2) is 5.84 Å². The van der Waals surface area contributed by atoms with Crippen molar-refractivity contribution in [3.63, 3.8) is 0 Å². The lowest BCUT2D eigenvalue weighted by molar-refractivity contribution is 0.212. The molecule has 1 saturated heterocycles. The quantitative estimate of drug-likeness (QED) is 0.260. The molecule has 0 bridgehead atoms. The van der Waals surface area contributed by atoms with Crippen molar-refractivity contribution in [3.8, 4) is 0 Å². The minimum absolute atomic E-state index is 0.0632. The summed E-state index contributed by atoms with van der Waals surface area (Å²) in [6.45, 7) is 6.62. The third kappa shape index (κ3) is 5.82. The van der Waals surface area contributed by atoms with E-state index in [0.29, 0.717) is 42.1 Å². The number of aromatic nitrogens is 1. The summed E-state index contributed by atoms with van der Waals surface area (Å²) in [5, 5.41) is 12.5. The van der Waals surface area contributed by atoms with Gasteiger partial charge in [-0.2, -0.15) is 0 Å². The van der Waals surface area contributed by atoms with E-state index in [4.69, 9.17) is 34.1 Å². The van der Waals surface area contributed by atoms with Crippen LogP contribution >= 0.6 is 23.2 Å². The first kappa shape index (κ1) is 23.6. The van der Waals surface area contributed by atoms with E-state index in [1.807, 2.05) is 12.1 Å². The number of nitrogens with two attached hydrogens (primary N) is 1. The molecule has 31 heavy (non-hydrogen) atoms. The Labute approximate surface area is 193 Å². The fourth-order valence-corrected chi connectivity index (χ4v) is 4.82. The zero-order valence-corrected chi connectivity index (χ0v) is 19.5. The summed E-state index contributed by atoms with van der Waals surface area (Å²) in [5.41, 5.74) is 7.90. The third-order valence-corrected chi connectivity index (χ3v) is 6.48. The molecule has 1 atom stereocenters. The molecule has 8 heteroatoms. The van der Waals surface area contributed by atoms with Gasteiger partial charge in [0.25, 0.3) is 5.56 Å². The average Bonchev–Trinajstić information content (AvgIpc) is 3.17. The SMILES string of the molecule is CC(C)C[C@H]1CCCN1Cc1c(Cl)cc(Cl)c(=O)n1CCc1ccc(C(N)=NO)cc1. The molecule has 0 saturated carbocycles. The highest BCUT2D eigenvalue weighted by molar-refractivity contribution is 6.34. The van der Waals surface area contributed by atoms with Gasteiger partial charge in [0.2, 0.25) is 0 Å². The van der Waals surface area contributed by atoms with Gasteiger partial charge in [-0.25, -0.2) is 0 Å². The lowest BCUT2D eigenvalue weighted by Gasteiger charge is -2.27. The number of benzene rings is 1. The van der Waals surface area contributed by atoms with Crippen LogP contribution in [0.2, 0.25) is 10.0 Å². The van der Waals surface area contributed by atoms with Crippen molar-refractivity contribution in [3.05, 3.63) is 67.6 Å². The fourth-order valence-electron chi connectivity index (χ4n) is 4.28. The molecule has 0 spiro atoms. The van der Waals surface area contributed by atoms with Crippen LogP contribution in [0.25, 0.3) is 0 Å². The van der Waals surface area contributed by atoms with Gasteiger partial charge in [-0.05, 0) is 49.8 Å². The van der Waals surface area contributed by atoms with Gasteiger partial charge in [-0.1, -0.05) is 66.5 Å². The second-order valence-corrected chi connectivity index (χ2v) is 9.39. The highest BCUT2D eigenvalue weighted by Gasteiger charge is 2.27. The number of aryl methyl sites for hydroxylation is 1. The molecule has 2 aromatic rings. The van der Waals surface area contributed by atoms with E-state index in [1.165, 1.54) is 12.8 Å². The molecule has 168 valence electrons. The summed E-state index contributed by atoms with van der Waals surface area (Å²) in [6.07, 6.45) is 4.12. The van der Waals surface area contributed by atoms with E-state index in [2.05, 4.69) is 23.9 Å². The molecule has 3 rings (SSSR count). The van der Waals surface area contributed by atoms with E-state index in [-0.39, 0.29) is 16.4 Å². The van der Waals surface area contributed by atoms with Crippen molar-refractivity contribution in [2.45, 2.75) is 58.7 Å². The Morgan fingerprint density at radius 3 is 2.61 bits per heavy atom. The van der Waals surface area contributed by atoms with Crippen LogP contribution < -0.4 is 11.3 Å². The molecule has 2 heterocycles. The van der Waals surface area contributed by atoms with Crippen molar-refractivity contribution in [1.29, 1.82) is 0 Å². The van der Waals surface area contributed by atoms with Crippen LogP contribution in [0, 0.1) is 5.92 Å². The lowest BCUT2D eigenvalue weighted by atomic mass is 10.0.